The second-order valence-electron chi connectivity index (χ2n) is 9.23. The first-order valence-corrected chi connectivity index (χ1v) is 12.0. The molecule has 2 atom stereocenters. The number of ether oxygens (including phenoxy) is 2. The molecule has 0 saturated heterocycles. The van der Waals surface area contributed by atoms with Gasteiger partial charge in [0.05, 0.1) is 18.6 Å². The fraction of sp³-hybridized carbons (Fsp3) is 0.536. The first kappa shape index (κ1) is 22.1. The van der Waals surface area contributed by atoms with Gasteiger partial charge < -0.3 is 9.47 Å². The second kappa shape index (κ2) is 9.16. The maximum Gasteiger partial charge on any atom is 0.317 e. The molecule has 2 aliphatic carbocycles. The van der Waals surface area contributed by atoms with Crippen LogP contribution in [0.1, 0.15) is 69.2 Å². The summed E-state index contributed by atoms with van der Waals surface area (Å²) in [5, 5.41) is 0. The van der Waals surface area contributed by atoms with E-state index >= 15 is 0 Å². The van der Waals surface area contributed by atoms with Gasteiger partial charge in [-0.25, -0.2) is 0 Å². The standard InChI is InChI=1S/C28H36O3/c1-5-30-17-16-21-14-15-24-23-13-8-7-12-22(23)18-25(24)26(21)28(27(29)31-6-2)19(3)10-9-11-20(28)4/h7-8,12-15,19-20H,5-6,9-11,16-18H2,1-4H3. The molecule has 31 heavy (non-hydrogen) atoms. The molecule has 0 radical (unpaired) electrons. The summed E-state index contributed by atoms with van der Waals surface area (Å²) in [6.45, 7) is 10.3. The van der Waals surface area contributed by atoms with Gasteiger partial charge in [0.25, 0.3) is 0 Å². The van der Waals surface area contributed by atoms with Crippen molar-refractivity contribution in [2.24, 2.45) is 11.8 Å². The molecule has 2 aliphatic rings. The normalized spacial score (nSPS) is 24.5. The van der Waals surface area contributed by atoms with Gasteiger partial charge in [-0.2, -0.15) is 0 Å². The van der Waals surface area contributed by atoms with E-state index in [0.717, 1.165) is 25.7 Å². The van der Waals surface area contributed by atoms with E-state index in [9.17, 15) is 4.79 Å². The topological polar surface area (TPSA) is 35.5 Å². The summed E-state index contributed by atoms with van der Waals surface area (Å²) in [6, 6.07) is 13.2. The lowest BCUT2D eigenvalue weighted by Crippen LogP contribution is -2.51. The number of carbonyl (C=O) groups excluding carboxylic acids is 1. The van der Waals surface area contributed by atoms with Crippen LogP contribution >= 0.6 is 0 Å². The average molecular weight is 421 g/mol. The lowest BCUT2D eigenvalue weighted by atomic mass is 9.56. The highest BCUT2D eigenvalue weighted by molar-refractivity contribution is 5.89. The summed E-state index contributed by atoms with van der Waals surface area (Å²) < 4.78 is 11.6. The Morgan fingerprint density at radius 1 is 1.00 bits per heavy atom. The third-order valence-corrected chi connectivity index (χ3v) is 7.65. The van der Waals surface area contributed by atoms with Crippen LogP contribution in [0.15, 0.2) is 36.4 Å². The van der Waals surface area contributed by atoms with Crippen molar-refractivity contribution in [3.8, 4) is 11.1 Å². The molecule has 0 N–H and O–H groups in total. The maximum atomic E-state index is 13.8. The fourth-order valence-electron chi connectivity index (χ4n) is 6.23. The molecule has 0 heterocycles. The van der Waals surface area contributed by atoms with Crippen molar-refractivity contribution in [1.29, 1.82) is 0 Å². The van der Waals surface area contributed by atoms with E-state index < -0.39 is 5.41 Å². The van der Waals surface area contributed by atoms with Gasteiger partial charge in [-0.05, 0) is 84.7 Å². The van der Waals surface area contributed by atoms with Crippen molar-refractivity contribution in [1.82, 2.24) is 0 Å². The van der Waals surface area contributed by atoms with Gasteiger partial charge in [0, 0.05) is 6.61 Å². The van der Waals surface area contributed by atoms with E-state index in [2.05, 4.69) is 50.2 Å². The van der Waals surface area contributed by atoms with Crippen LogP contribution < -0.4 is 0 Å². The number of fused-ring (bicyclic) bond motifs is 3. The van der Waals surface area contributed by atoms with Gasteiger partial charge >= 0.3 is 5.97 Å². The molecule has 3 nitrogen and oxygen atoms in total. The van der Waals surface area contributed by atoms with E-state index in [1.165, 1.54) is 39.8 Å². The van der Waals surface area contributed by atoms with Gasteiger partial charge in [-0.15, -0.1) is 0 Å². The first-order valence-electron chi connectivity index (χ1n) is 12.0. The predicted octanol–water partition coefficient (Wildman–Crippen LogP) is 6.09. The number of rotatable bonds is 7. The van der Waals surface area contributed by atoms with Crippen LogP contribution in [0, 0.1) is 11.8 Å². The summed E-state index contributed by atoms with van der Waals surface area (Å²) in [5.74, 6) is 0.462. The Balaban J connectivity index is 1.96. The summed E-state index contributed by atoms with van der Waals surface area (Å²) in [4.78, 5) is 13.8. The molecule has 2 unspecified atom stereocenters. The first-order chi connectivity index (χ1) is 15.1. The molecule has 4 rings (SSSR count). The van der Waals surface area contributed by atoms with E-state index in [1.807, 2.05) is 13.8 Å². The molecular weight excluding hydrogens is 384 g/mol. The fourth-order valence-corrected chi connectivity index (χ4v) is 6.23. The molecule has 1 fully saturated rings. The van der Waals surface area contributed by atoms with Gasteiger partial charge in [0.2, 0.25) is 0 Å². The largest absolute Gasteiger partial charge is 0.465 e. The van der Waals surface area contributed by atoms with Crippen LogP contribution in [0.3, 0.4) is 0 Å². The lowest BCUT2D eigenvalue weighted by Gasteiger charge is -2.47. The molecule has 3 heteroatoms. The van der Waals surface area contributed by atoms with Crippen LogP contribution in [0.4, 0.5) is 0 Å². The summed E-state index contributed by atoms with van der Waals surface area (Å²) in [6.07, 6.45) is 5.01. The van der Waals surface area contributed by atoms with Crippen LogP contribution in [-0.2, 0) is 32.5 Å². The summed E-state index contributed by atoms with van der Waals surface area (Å²) in [5.41, 5.74) is 7.21. The van der Waals surface area contributed by atoms with Crippen molar-refractivity contribution in [2.45, 2.75) is 65.2 Å². The molecule has 0 bridgehead atoms. The Morgan fingerprint density at radius 2 is 1.74 bits per heavy atom. The van der Waals surface area contributed by atoms with Crippen LogP contribution in [0.2, 0.25) is 0 Å². The zero-order valence-electron chi connectivity index (χ0n) is 19.5. The molecule has 166 valence electrons. The predicted molar refractivity (Wildman–Crippen MR) is 125 cm³/mol. The van der Waals surface area contributed by atoms with Crippen LogP contribution in [0.5, 0.6) is 0 Å². The minimum atomic E-state index is -0.594. The average Bonchev–Trinajstić information content (AvgIpc) is 3.14. The molecule has 0 aromatic heterocycles. The molecule has 1 saturated carbocycles. The van der Waals surface area contributed by atoms with Crippen molar-refractivity contribution < 1.29 is 14.3 Å². The summed E-state index contributed by atoms with van der Waals surface area (Å²) in [7, 11) is 0. The highest BCUT2D eigenvalue weighted by Gasteiger charge is 2.54. The van der Waals surface area contributed by atoms with Crippen molar-refractivity contribution >= 4 is 5.97 Å². The molecule has 2 aromatic rings. The number of esters is 1. The summed E-state index contributed by atoms with van der Waals surface area (Å²) >= 11 is 0. The zero-order chi connectivity index (χ0) is 22.0. The highest BCUT2D eigenvalue weighted by atomic mass is 16.5. The van der Waals surface area contributed by atoms with Crippen molar-refractivity contribution in [3.63, 3.8) is 0 Å². The molecule has 0 aliphatic heterocycles. The highest BCUT2D eigenvalue weighted by Crippen LogP contribution is 2.53. The smallest absolute Gasteiger partial charge is 0.317 e. The molecule has 0 amide bonds. The number of benzene rings is 2. The number of hydrogen-bond donors (Lipinski definition) is 0. The Hall–Kier alpha value is -2.13. The maximum absolute atomic E-state index is 13.8. The van der Waals surface area contributed by atoms with E-state index in [1.54, 1.807) is 0 Å². The third kappa shape index (κ3) is 3.61. The van der Waals surface area contributed by atoms with E-state index in [-0.39, 0.29) is 17.8 Å². The number of carbonyl (C=O) groups is 1. The molecule has 0 spiro atoms. The Kier molecular flexibility index (Phi) is 6.52. The number of hydrogen-bond acceptors (Lipinski definition) is 3. The third-order valence-electron chi connectivity index (χ3n) is 7.65. The SMILES string of the molecule is CCOCCc1ccc2c(c1C1(C(=O)OCC)C(C)CCCC1C)Cc1ccccc1-2. The Morgan fingerprint density at radius 3 is 2.45 bits per heavy atom. The van der Waals surface area contributed by atoms with Gasteiger partial charge in [0.15, 0.2) is 0 Å². The lowest BCUT2D eigenvalue weighted by molar-refractivity contribution is -0.157. The van der Waals surface area contributed by atoms with Gasteiger partial charge in [0.1, 0.15) is 0 Å². The van der Waals surface area contributed by atoms with E-state index in [4.69, 9.17) is 9.47 Å². The van der Waals surface area contributed by atoms with E-state index in [0.29, 0.717) is 19.8 Å². The van der Waals surface area contributed by atoms with Crippen molar-refractivity contribution in [2.75, 3.05) is 19.8 Å². The minimum Gasteiger partial charge on any atom is -0.465 e. The Bertz CT molecular complexity index is 935. The Labute approximate surface area is 187 Å². The zero-order valence-corrected chi connectivity index (χ0v) is 19.5. The quantitative estimate of drug-likeness (QED) is 0.342. The minimum absolute atomic E-state index is 0.0308. The van der Waals surface area contributed by atoms with Gasteiger partial charge in [-0.1, -0.05) is 56.7 Å². The second-order valence-corrected chi connectivity index (χ2v) is 9.23. The molecule has 2 aromatic carbocycles. The van der Waals surface area contributed by atoms with Crippen molar-refractivity contribution in [3.05, 3.63) is 58.7 Å². The van der Waals surface area contributed by atoms with Gasteiger partial charge in [-0.3, -0.25) is 4.79 Å². The van der Waals surface area contributed by atoms with Crippen LogP contribution in [0.25, 0.3) is 11.1 Å². The van der Waals surface area contributed by atoms with Crippen LogP contribution in [-0.4, -0.2) is 25.8 Å². The monoisotopic (exact) mass is 420 g/mol. The molecular formula is C28H36O3.